The number of Topliss-reactive ketones (excluding diaryl/α,β-unsaturated/α-hetero) is 2. The maximum atomic E-state index is 14.4. The fraction of sp³-hybridized carbons (Fsp3) is 0.604. The number of rotatable bonds is 29. The Kier molecular flexibility index (Phi) is 21.7. The molecule has 0 saturated carbocycles. The topological polar surface area (TPSA) is 213 Å². The first-order valence-corrected chi connectivity index (χ1v) is 25.6. The molecule has 2 aliphatic rings. The van der Waals surface area contributed by atoms with Crippen LogP contribution in [-0.4, -0.2) is 123 Å². The monoisotopic (exact) mass is 989 g/mol. The van der Waals surface area contributed by atoms with Crippen molar-refractivity contribution in [3.8, 4) is 0 Å². The third-order valence-electron chi connectivity index (χ3n) is 14.2. The van der Waals surface area contributed by atoms with Gasteiger partial charge in [0.25, 0.3) is 11.8 Å². The molecule has 70 heavy (non-hydrogen) atoms. The lowest BCUT2D eigenvalue weighted by atomic mass is 9.80. The van der Waals surface area contributed by atoms with Crippen LogP contribution in [0.1, 0.15) is 145 Å². The summed E-state index contributed by atoms with van der Waals surface area (Å²) in [5, 5.41) is 17.4. The minimum absolute atomic E-state index is 0.0516. The number of likely N-dealkylation sites (tertiary alicyclic amines) is 1. The van der Waals surface area contributed by atoms with Crippen LogP contribution in [0.3, 0.4) is 0 Å². The first kappa shape index (κ1) is 57.0. The standard InChI is InChI=1S/C53H76N6O10S/c1-11-34(4)42(29-46(62)53(8)23-15-24-57(53)9)51(66)58(10)44(33(2)3)30-45(69-37(7)60)50-56-43(32-70-50)49(65)55-40(26-35(5)52(67)68)27-38-18-20-39(21-19-38)28-41(61)31-54-47(63)16-13-12-14-25-59-36(6)17-22-48(59)64/h17-22,32-35,40,42,44-45H,6,11-16,23-31H2,1-5,7-10H3,(H,54,63)(H,55,65)(H,67,68)/t34-,35-,40+,42-,44+,45+,53+/m0/s1. The van der Waals surface area contributed by atoms with Crippen LogP contribution < -0.4 is 10.6 Å². The predicted octanol–water partition coefficient (Wildman–Crippen LogP) is 6.88. The van der Waals surface area contributed by atoms with Crippen LogP contribution in [-0.2, 0) is 51.1 Å². The van der Waals surface area contributed by atoms with Gasteiger partial charge in [-0.1, -0.05) is 78.3 Å². The first-order chi connectivity index (χ1) is 33.0. The number of carbonyl (C=O) groups is 8. The number of carbonyl (C=O) groups excluding carboxylic acids is 7. The number of benzene rings is 1. The van der Waals surface area contributed by atoms with Crippen molar-refractivity contribution >= 4 is 58.5 Å². The molecule has 7 atom stereocenters. The lowest BCUT2D eigenvalue weighted by Crippen LogP contribution is -2.50. The van der Waals surface area contributed by atoms with Crippen molar-refractivity contribution in [2.75, 3.05) is 33.7 Å². The number of thiazole rings is 1. The SMILES string of the molecule is C=C1C=CC(=O)N1CCCCCC(=O)NCC(=O)Cc1ccc(C[C@@H](C[C@H](C)C(=O)O)NC(=O)c2csc([C@@H](C[C@H](C(C)C)N(C)C(=O)[C@@H](CC(=O)[C@@]3(C)CCCN3C)[C@@H](C)CC)OC(C)=O)n2)cc1. The van der Waals surface area contributed by atoms with Crippen molar-refractivity contribution in [3.05, 3.63) is 75.9 Å². The Hall–Kier alpha value is -5.55. The molecule has 4 amide bonds. The van der Waals surface area contributed by atoms with Crippen LogP contribution in [0.25, 0.3) is 0 Å². The molecule has 384 valence electrons. The number of allylic oxidation sites excluding steroid dienone is 1. The number of aromatic nitrogens is 1. The number of hydrogen-bond acceptors (Lipinski definition) is 12. The number of hydrogen-bond donors (Lipinski definition) is 3. The van der Waals surface area contributed by atoms with Crippen molar-refractivity contribution < 1.29 is 48.2 Å². The highest BCUT2D eigenvalue weighted by atomic mass is 32.1. The molecule has 0 unspecified atom stereocenters. The zero-order valence-corrected chi connectivity index (χ0v) is 43.5. The molecule has 3 heterocycles. The molecule has 2 aromatic rings. The van der Waals surface area contributed by atoms with E-state index in [1.807, 2.05) is 53.8 Å². The van der Waals surface area contributed by atoms with E-state index in [0.29, 0.717) is 23.7 Å². The van der Waals surface area contributed by atoms with Crippen molar-refractivity contribution in [3.63, 3.8) is 0 Å². The molecular weight excluding hydrogens is 913 g/mol. The lowest BCUT2D eigenvalue weighted by molar-refractivity contribution is -0.150. The van der Waals surface area contributed by atoms with E-state index in [1.54, 1.807) is 47.4 Å². The smallest absolute Gasteiger partial charge is 0.306 e. The summed E-state index contributed by atoms with van der Waals surface area (Å²) in [7, 11) is 3.69. The van der Waals surface area contributed by atoms with Crippen LogP contribution in [0.2, 0.25) is 0 Å². The summed E-state index contributed by atoms with van der Waals surface area (Å²) in [6.07, 6.45) is 7.90. The number of carboxylic acid groups (broad SMARTS) is 1. The zero-order valence-electron chi connectivity index (χ0n) is 42.7. The van der Waals surface area contributed by atoms with E-state index in [2.05, 4.69) is 27.1 Å². The predicted molar refractivity (Wildman–Crippen MR) is 268 cm³/mol. The Morgan fingerprint density at radius 1 is 1.00 bits per heavy atom. The molecular formula is C53H76N6O10S. The summed E-state index contributed by atoms with van der Waals surface area (Å²) in [5.41, 5.74) is 1.65. The molecule has 1 saturated heterocycles. The molecule has 4 rings (SSSR count). The second-order valence-electron chi connectivity index (χ2n) is 19.9. The lowest BCUT2D eigenvalue weighted by Gasteiger charge is -2.38. The molecule has 3 N–H and O–H groups in total. The van der Waals surface area contributed by atoms with Gasteiger partial charge in [-0.25, -0.2) is 4.98 Å². The minimum Gasteiger partial charge on any atom is -0.481 e. The fourth-order valence-electron chi connectivity index (χ4n) is 9.26. The summed E-state index contributed by atoms with van der Waals surface area (Å²) >= 11 is 1.15. The summed E-state index contributed by atoms with van der Waals surface area (Å²) in [4.78, 5) is 113. The molecule has 1 aromatic heterocycles. The highest BCUT2D eigenvalue weighted by Crippen LogP contribution is 2.35. The molecule has 0 bridgehead atoms. The van der Waals surface area contributed by atoms with Crippen LogP contribution in [0.4, 0.5) is 0 Å². The van der Waals surface area contributed by atoms with Crippen molar-refractivity contribution in [1.82, 2.24) is 30.3 Å². The van der Waals surface area contributed by atoms with Gasteiger partial charge in [0, 0.05) is 81.4 Å². The van der Waals surface area contributed by atoms with E-state index in [-0.39, 0.29) is 91.9 Å². The van der Waals surface area contributed by atoms with Crippen LogP contribution >= 0.6 is 11.3 Å². The molecule has 1 aromatic carbocycles. The quantitative estimate of drug-likeness (QED) is 0.0563. The molecule has 1 fully saturated rings. The number of ether oxygens (including phenoxy) is 1. The number of likely N-dealkylation sites (N-methyl/N-ethyl adjacent to an activating group) is 1. The third-order valence-corrected chi connectivity index (χ3v) is 15.1. The summed E-state index contributed by atoms with van der Waals surface area (Å²) in [6.45, 7) is 17.9. The molecule has 16 nitrogen and oxygen atoms in total. The average Bonchev–Trinajstić information content (AvgIpc) is 4.03. The number of amides is 4. The van der Waals surface area contributed by atoms with Gasteiger partial charge in [-0.05, 0) is 88.1 Å². The maximum Gasteiger partial charge on any atom is 0.306 e. The van der Waals surface area contributed by atoms with E-state index >= 15 is 0 Å². The highest BCUT2D eigenvalue weighted by molar-refractivity contribution is 7.09. The van der Waals surface area contributed by atoms with Crippen molar-refractivity contribution in [2.24, 2.45) is 23.7 Å². The summed E-state index contributed by atoms with van der Waals surface area (Å²) < 4.78 is 5.83. The molecule has 0 spiro atoms. The normalized spacial score (nSPS) is 18.5. The number of unbranched alkanes of at least 4 members (excludes halogenated alkanes) is 2. The first-order valence-electron chi connectivity index (χ1n) is 24.8. The molecule has 0 aliphatic carbocycles. The second kappa shape index (κ2) is 26.6. The average molecular weight is 989 g/mol. The van der Waals surface area contributed by atoms with E-state index in [0.717, 1.165) is 61.1 Å². The minimum atomic E-state index is -1.01. The highest BCUT2D eigenvalue weighted by Gasteiger charge is 2.44. The van der Waals surface area contributed by atoms with Gasteiger partial charge < -0.3 is 30.3 Å². The van der Waals surface area contributed by atoms with Crippen molar-refractivity contribution in [2.45, 2.75) is 149 Å². The van der Waals surface area contributed by atoms with Gasteiger partial charge in [-0.15, -0.1) is 11.3 Å². The third kappa shape index (κ3) is 16.3. The largest absolute Gasteiger partial charge is 0.481 e. The van der Waals surface area contributed by atoms with E-state index in [1.165, 1.54) is 13.0 Å². The van der Waals surface area contributed by atoms with Gasteiger partial charge in [-0.2, -0.15) is 0 Å². The van der Waals surface area contributed by atoms with Gasteiger partial charge in [0.15, 0.2) is 17.7 Å². The zero-order chi connectivity index (χ0) is 51.9. The van der Waals surface area contributed by atoms with Gasteiger partial charge in [-0.3, -0.25) is 43.3 Å². The van der Waals surface area contributed by atoms with Gasteiger partial charge >= 0.3 is 11.9 Å². The Morgan fingerprint density at radius 2 is 1.69 bits per heavy atom. The summed E-state index contributed by atoms with van der Waals surface area (Å²) in [6, 6.07) is 6.20. The molecule has 17 heteroatoms. The van der Waals surface area contributed by atoms with Crippen LogP contribution in [0, 0.1) is 23.7 Å². The van der Waals surface area contributed by atoms with E-state index in [9.17, 15) is 43.5 Å². The Labute approximate surface area is 418 Å². The summed E-state index contributed by atoms with van der Waals surface area (Å²) in [5.74, 6) is -4.10. The van der Waals surface area contributed by atoms with Gasteiger partial charge in [0.1, 0.15) is 10.7 Å². The Balaban J connectivity index is 1.37. The van der Waals surface area contributed by atoms with Crippen LogP contribution in [0.15, 0.2) is 54.1 Å². The van der Waals surface area contributed by atoms with E-state index < -0.39 is 53.4 Å². The van der Waals surface area contributed by atoms with Crippen molar-refractivity contribution in [1.29, 1.82) is 0 Å². The molecule has 2 aliphatic heterocycles. The number of nitrogens with zero attached hydrogens (tertiary/aromatic N) is 4. The number of esters is 1. The van der Waals surface area contributed by atoms with Crippen LogP contribution in [0.5, 0.6) is 0 Å². The second-order valence-corrected chi connectivity index (χ2v) is 20.8. The Bertz CT molecular complexity index is 2210. The number of carboxylic acids is 1. The van der Waals surface area contributed by atoms with Gasteiger partial charge in [0.2, 0.25) is 11.8 Å². The number of nitrogens with one attached hydrogen (secondary N) is 2. The molecule has 0 radical (unpaired) electrons. The number of aliphatic carboxylic acids is 1. The number of ketones is 2. The van der Waals surface area contributed by atoms with E-state index in [4.69, 9.17) is 4.74 Å². The Morgan fingerprint density at radius 3 is 2.27 bits per heavy atom. The van der Waals surface area contributed by atoms with Gasteiger partial charge in [0.05, 0.1) is 18.0 Å². The maximum absolute atomic E-state index is 14.4. The fourth-order valence-corrected chi connectivity index (χ4v) is 10.1.